The third kappa shape index (κ3) is 3.04. The number of barbiturate groups is 1. The van der Waals surface area contributed by atoms with Crippen molar-refractivity contribution in [2.24, 2.45) is 5.10 Å². The number of likely N-dealkylation sites (N-methyl/N-ethyl adjacent to an activating group) is 2. The minimum Gasteiger partial charge on any atom is -0.271 e. The number of nitrogens with zero attached hydrogens (tertiary/aromatic N) is 4. The number of para-hydroxylation sites is 1. The highest BCUT2D eigenvalue weighted by Gasteiger charge is 2.68. The number of halogens is 1. The van der Waals surface area contributed by atoms with Gasteiger partial charge in [-0.05, 0) is 35.4 Å². The van der Waals surface area contributed by atoms with Crippen LogP contribution < -0.4 is 5.01 Å². The van der Waals surface area contributed by atoms with Crippen LogP contribution >= 0.6 is 11.6 Å². The Morgan fingerprint density at radius 1 is 0.765 bits per heavy atom. The first-order valence-electron chi connectivity index (χ1n) is 10.7. The second-order valence-electron chi connectivity index (χ2n) is 8.26. The third-order valence-electron chi connectivity index (χ3n) is 6.34. The summed E-state index contributed by atoms with van der Waals surface area (Å²) < 4.78 is 0. The predicted molar refractivity (Wildman–Crippen MR) is 130 cm³/mol. The van der Waals surface area contributed by atoms with Crippen LogP contribution in [0.5, 0.6) is 0 Å². The fraction of sp³-hybridized carbons (Fsp3) is 0.154. The Morgan fingerprint density at radius 3 is 1.85 bits per heavy atom. The second-order valence-corrected chi connectivity index (χ2v) is 8.70. The first-order valence-corrected chi connectivity index (χ1v) is 11.1. The Morgan fingerprint density at radius 2 is 1.29 bits per heavy atom. The summed E-state index contributed by atoms with van der Waals surface area (Å²) in [4.78, 5) is 42.8. The summed E-state index contributed by atoms with van der Waals surface area (Å²) in [6.45, 7) is 0. The summed E-state index contributed by atoms with van der Waals surface area (Å²) >= 11 is 6.16. The third-order valence-corrected chi connectivity index (χ3v) is 6.59. The number of hydrogen-bond donors (Lipinski definition) is 0. The van der Waals surface area contributed by atoms with E-state index >= 15 is 0 Å². The fourth-order valence-electron chi connectivity index (χ4n) is 4.71. The molecule has 0 N–H and O–H groups in total. The van der Waals surface area contributed by atoms with Gasteiger partial charge in [-0.2, -0.15) is 5.10 Å². The molecule has 0 radical (unpaired) electrons. The molecule has 2 heterocycles. The Hall–Kier alpha value is -3.97. The smallest absolute Gasteiger partial charge is 0.271 e. The molecule has 4 amide bonds. The number of hydrazone groups is 1. The maximum Gasteiger partial charge on any atom is 0.333 e. The molecule has 5 rings (SSSR count). The van der Waals surface area contributed by atoms with E-state index in [9.17, 15) is 14.4 Å². The van der Waals surface area contributed by atoms with E-state index in [2.05, 4.69) is 0 Å². The van der Waals surface area contributed by atoms with Gasteiger partial charge in [0.1, 0.15) is 0 Å². The first kappa shape index (κ1) is 21.9. The lowest BCUT2D eigenvalue weighted by atomic mass is 9.72. The van der Waals surface area contributed by atoms with Gasteiger partial charge in [0.05, 0.1) is 17.3 Å². The van der Waals surface area contributed by atoms with Crippen molar-refractivity contribution in [3.8, 4) is 0 Å². The van der Waals surface area contributed by atoms with Crippen molar-refractivity contribution in [1.82, 2.24) is 9.80 Å². The zero-order chi connectivity index (χ0) is 24.0. The number of carbonyl (C=O) groups excluding carboxylic acids is 3. The van der Waals surface area contributed by atoms with Crippen molar-refractivity contribution in [3.05, 3.63) is 101 Å². The molecule has 170 valence electrons. The molecular formula is C26H21ClN4O3. The molecule has 1 spiro atoms. The number of benzene rings is 3. The van der Waals surface area contributed by atoms with E-state index < -0.39 is 29.3 Å². The normalized spacial score (nSPS) is 19.7. The van der Waals surface area contributed by atoms with Gasteiger partial charge in [-0.15, -0.1) is 0 Å². The summed E-state index contributed by atoms with van der Waals surface area (Å²) in [5.74, 6) is -2.08. The van der Waals surface area contributed by atoms with Gasteiger partial charge in [0.15, 0.2) is 0 Å². The van der Waals surface area contributed by atoms with Crippen LogP contribution in [0.1, 0.15) is 17.0 Å². The van der Waals surface area contributed by atoms with Crippen molar-refractivity contribution in [2.45, 2.75) is 11.5 Å². The van der Waals surface area contributed by atoms with Gasteiger partial charge in [-0.3, -0.25) is 19.4 Å². The largest absolute Gasteiger partial charge is 0.333 e. The number of anilines is 1. The highest BCUT2D eigenvalue weighted by molar-refractivity contribution is 6.31. The lowest BCUT2D eigenvalue weighted by molar-refractivity contribution is -0.150. The molecule has 2 aliphatic rings. The molecule has 8 heteroatoms. The van der Waals surface area contributed by atoms with Crippen molar-refractivity contribution in [1.29, 1.82) is 0 Å². The van der Waals surface area contributed by atoms with Crippen LogP contribution in [-0.4, -0.2) is 53.0 Å². The van der Waals surface area contributed by atoms with E-state index in [4.69, 9.17) is 16.7 Å². The van der Waals surface area contributed by atoms with Crippen LogP contribution in [0, 0.1) is 0 Å². The quantitative estimate of drug-likeness (QED) is 0.537. The minimum absolute atomic E-state index is 0.527. The summed E-state index contributed by atoms with van der Waals surface area (Å²) in [6, 6.07) is 24.8. The van der Waals surface area contributed by atoms with Gasteiger partial charge in [-0.1, -0.05) is 72.3 Å². The molecule has 3 aromatic rings. The number of imide groups is 2. The molecule has 1 atom stereocenters. The molecule has 0 aromatic heterocycles. The summed E-state index contributed by atoms with van der Waals surface area (Å²) in [5.41, 5.74) is 0.721. The van der Waals surface area contributed by atoms with E-state index in [-0.39, 0.29) is 0 Å². The summed E-state index contributed by atoms with van der Waals surface area (Å²) in [7, 11) is 2.77. The Labute approximate surface area is 201 Å². The van der Waals surface area contributed by atoms with Crippen molar-refractivity contribution in [2.75, 3.05) is 19.1 Å². The van der Waals surface area contributed by atoms with Gasteiger partial charge in [-0.25, -0.2) is 9.80 Å². The van der Waals surface area contributed by atoms with E-state index in [0.717, 1.165) is 15.4 Å². The molecular weight excluding hydrogens is 452 g/mol. The number of urea groups is 1. The molecule has 3 aromatic carbocycles. The summed E-state index contributed by atoms with van der Waals surface area (Å²) in [6.07, 6.45) is 0. The van der Waals surface area contributed by atoms with Gasteiger partial charge in [0.2, 0.25) is 5.54 Å². The predicted octanol–water partition coefficient (Wildman–Crippen LogP) is 4.14. The van der Waals surface area contributed by atoms with Crippen LogP contribution in [0.25, 0.3) is 0 Å². The number of amides is 4. The van der Waals surface area contributed by atoms with Crippen LogP contribution in [0.2, 0.25) is 5.02 Å². The van der Waals surface area contributed by atoms with Crippen LogP contribution in [-0.2, 0) is 9.59 Å². The zero-order valence-electron chi connectivity index (χ0n) is 18.6. The lowest BCUT2D eigenvalue weighted by Gasteiger charge is -2.46. The Kier molecular flexibility index (Phi) is 5.21. The first-order chi connectivity index (χ1) is 16.4. The number of carbonyl (C=O) groups is 3. The van der Waals surface area contributed by atoms with Crippen LogP contribution in [0.3, 0.4) is 0 Å². The second kappa shape index (κ2) is 8.11. The van der Waals surface area contributed by atoms with Crippen molar-refractivity contribution >= 4 is 40.8 Å². The Balaban J connectivity index is 1.85. The molecule has 1 fully saturated rings. The molecule has 0 aliphatic carbocycles. The maximum absolute atomic E-state index is 14.0. The molecule has 1 unspecified atom stereocenters. The fourth-order valence-corrected chi connectivity index (χ4v) is 4.84. The number of rotatable bonds is 3. The maximum atomic E-state index is 14.0. The Bertz CT molecular complexity index is 1280. The van der Waals surface area contributed by atoms with E-state index in [1.165, 1.54) is 19.1 Å². The standard InChI is InChI=1S/C26H21ClN4O3/c1-29-23(32)26(24(33)30(2)25(29)34)21(17-13-15-19(27)16-14-17)22(18-9-5-3-6-10-18)28-31(26)20-11-7-4-8-12-20/h3-16,21H,1-2H3. The van der Waals surface area contributed by atoms with Gasteiger partial charge >= 0.3 is 6.03 Å². The number of hydrogen-bond acceptors (Lipinski definition) is 5. The average molecular weight is 473 g/mol. The molecule has 0 bridgehead atoms. The SMILES string of the molecule is CN1C(=O)N(C)C(=O)C2(C1=O)C(c1ccc(Cl)cc1)C(c1ccccc1)=NN2c1ccccc1. The highest BCUT2D eigenvalue weighted by atomic mass is 35.5. The lowest BCUT2D eigenvalue weighted by Crippen LogP contribution is -2.73. The molecule has 1 saturated heterocycles. The topological polar surface area (TPSA) is 73.3 Å². The van der Waals surface area contributed by atoms with Gasteiger partial charge in [0, 0.05) is 19.1 Å². The van der Waals surface area contributed by atoms with E-state index in [1.54, 1.807) is 36.4 Å². The molecule has 2 aliphatic heterocycles. The van der Waals surface area contributed by atoms with Gasteiger partial charge < -0.3 is 0 Å². The highest BCUT2D eigenvalue weighted by Crippen LogP contribution is 2.48. The van der Waals surface area contributed by atoms with E-state index in [1.807, 2.05) is 48.5 Å². The van der Waals surface area contributed by atoms with E-state index in [0.29, 0.717) is 22.0 Å². The zero-order valence-corrected chi connectivity index (χ0v) is 19.3. The average Bonchev–Trinajstić information content (AvgIpc) is 3.24. The van der Waals surface area contributed by atoms with Crippen molar-refractivity contribution in [3.63, 3.8) is 0 Å². The van der Waals surface area contributed by atoms with Crippen LogP contribution in [0.4, 0.5) is 10.5 Å². The molecule has 0 saturated carbocycles. The monoisotopic (exact) mass is 472 g/mol. The van der Waals surface area contributed by atoms with Gasteiger partial charge in [0.25, 0.3) is 11.8 Å². The molecule has 7 nitrogen and oxygen atoms in total. The molecule has 34 heavy (non-hydrogen) atoms. The van der Waals surface area contributed by atoms with Crippen LogP contribution in [0.15, 0.2) is 90.0 Å². The summed E-state index contributed by atoms with van der Waals surface area (Å²) in [5, 5.41) is 6.89. The van der Waals surface area contributed by atoms with Crippen molar-refractivity contribution < 1.29 is 14.4 Å². The minimum atomic E-state index is -1.84.